The maximum atomic E-state index is 12.7. The Bertz CT molecular complexity index is 478. The minimum Gasteiger partial charge on any atom is -0.398 e. The number of hydrogen-bond acceptors (Lipinski definition) is 2. The van der Waals surface area contributed by atoms with Gasteiger partial charge in [-0.2, -0.15) is 13.2 Å². The third-order valence-electron chi connectivity index (χ3n) is 3.27. The van der Waals surface area contributed by atoms with Crippen LogP contribution in [0.2, 0.25) is 0 Å². The molecule has 3 N–H and O–H groups in total. The van der Waals surface area contributed by atoms with Gasteiger partial charge in [0.05, 0.1) is 5.56 Å². The van der Waals surface area contributed by atoms with Crippen molar-refractivity contribution in [3.8, 4) is 0 Å². The van der Waals surface area contributed by atoms with Crippen molar-refractivity contribution >= 4 is 11.4 Å². The van der Waals surface area contributed by atoms with Crippen LogP contribution in [-0.2, 0) is 6.18 Å². The summed E-state index contributed by atoms with van der Waals surface area (Å²) in [7, 11) is 0. The topological polar surface area (TPSA) is 38.0 Å². The highest BCUT2D eigenvalue weighted by Crippen LogP contribution is 2.35. The molecule has 1 aromatic rings. The Labute approximate surface area is 110 Å². The molecule has 2 rings (SSSR count). The molecule has 5 heteroatoms. The van der Waals surface area contributed by atoms with E-state index >= 15 is 0 Å². The molecule has 1 aliphatic rings. The first-order valence-electron chi connectivity index (χ1n) is 6.35. The molecule has 0 spiro atoms. The van der Waals surface area contributed by atoms with Crippen molar-refractivity contribution in [2.45, 2.75) is 31.9 Å². The predicted octanol–water partition coefficient (Wildman–Crippen LogP) is 4.20. The Balaban J connectivity index is 1.97. The molecular formula is C14H17F3N2. The Hall–Kier alpha value is -1.65. The number of nitrogens with two attached hydrogens (primary N) is 1. The Kier molecular flexibility index (Phi) is 4.02. The van der Waals surface area contributed by atoms with Crippen molar-refractivity contribution in [1.82, 2.24) is 0 Å². The molecule has 0 unspecified atom stereocenters. The summed E-state index contributed by atoms with van der Waals surface area (Å²) in [5.74, 6) is 0. The first-order valence-corrected chi connectivity index (χ1v) is 6.35. The highest BCUT2D eigenvalue weighted by Gasteiger charge is 2.33. The number of nitrogen functional groups attached to an aromatic ring is 1. The normalized spacial score (nSPS) is 15.4. The third-order valence-corrected chi connectivity index (χ3v) is 3.27. The zero-order valence-corrected chi connectivity index (χ0v) is 10.6. The van der Waals surface area contributed by atoms with Crippen LogP contribution in [0.1, 0.15) is 31.2 Å². The number of allylic oxidation sites excluding steroid dienone is 1. The minimum absolute atomic E-state index is 0.239. The van der Waals surface area contributed by atoms with Crippen molar-refractivity contribution in [1.29, 1.82) is 0 Å². The van der Waals surface area contributed by atoms with Gasteiger partial charge in [0.25, 0.3) is 0 Å². The lowest BCUT2D eigenvalue weighted by Crippen LogP contribution is -2.10. The lowest BCUT2D eigenvalue weighted by atomic mass is 10.1. The largest absolute Gasteiger partial charge is 0.418 e. The molecule has 0 fully saturated rings. The number of nitrogens with one attached hydrogen (secondary N) is 1. The monoisotopic (exact) mass is 270 g/mol. The van der Waals surface area contributed by atoms with Gasteiger partial charge in [-0.05, 0) is 43.9 Å². The molecule has 0 amide bonds. The van der Waals surface area contributed by atoms with Gasteiger partial charge in [-0.3, -0.25) is 0 Å². The summed E-state index contributed by atoms with van der Waals surface area (Å²) in [6, 6.07) is 3.94. The van der Waals surface area contributed by atoms with Gasteiger partial charge in [-0.1, -0.05) is 11.6 Å². The Morgan fingerprint density at radius 3 is 2.68 bits per heavy atom. The van der Waals surface area contributed by atoms with E-state index in [9.17, 15) is 13.2 Å². The first-order chi connectivity index (χ1) is 8.97. The molecule has 0 radical (unpaired) electrons. The number of halogens is 3. The average molecular weight is 270 g/mol. The summed E-state index contributed by atoms with van der Waals surface area (Å²) >= 11 is 0. The van der Waals surface area contributed by atoms with Crippen LogP contribution in [0.25, 0.3) is 0 Å². The Morgan fingerprint density at radius 1 is 1.26 bits per heavy atom. The molecule has 19 heavy (non-hydrogen) atoms. The van der Waals surface area contributed by atoms with Gasteiger partial charge in [0.1, 0.15) is 0 Å². The fourth-order valence-electron chi connectivity index (χ4n) is 2.24. The van der Waals surface area contributed by atoms with Crippen molar-refractivity contribution in [2.75, 3.05) is 17.6 Å². The molecule has 0 saturated heterocycles. The van der Waals surface area contributed by atoms with Gasteiger partial charge in [0, 0.05) is 17.9 Å². The lowest BCUT2D eigenvalue weighted by Gasteiger charge is -2.13. The van der Waals surface area contributed by atoms with Crippen molar-refractivity contribution in [3.63, 3.8) is 0 Å². The summed E-state index contributed by atoms with van der Waals surface area (Å²) in [6.45, 7) is 0.646. The highest BCUT2D eigenvalue weighted by atomic mass is 19.4. The van der Waals surface area contributed by atoms with Crippen LogP contribution in [0, 0.1) is 0 Å². The summed E-state index contributed by atoms with van der Waals surface area (Å²) in [5.41, 5.74) is 6.17. The van der Waals surface area contributed by atoms with E-state index in [1.807, 2.05) is 0 Å². The van der Waals surface area contributed by atoms with Crippen LogP contribution in [-0.4, -0.2) is 6.54 Å². The molecule has 0 saturated carbocycles. The van der Waals surface area contributed by atoms with Crippen LogP contribution in [0.5, 0.6) is 0 Å². The number of alkyl halides is 3. The number of hydrogen-bond donors (Lipinski definition) is 2. The van der Waals surface area contributed by atoms with Crippen LogP contribution in [0.3, 0.4) is 0 Å². The van der Waals surface area contributed by atoms with Gasteiger partial charge in [0.15, 0.2) is 0 Å². The molecule has 2 nitrogen and oxygen atoms in total. The second kappa shape index (κ2) is 5.55. The van der Waals surface area contributed by atoms with E-state index in [0.717, 1.165) is 25.3 Å². The van der Waals surface area contributed by atoms with E-state index in [4.69, 9.17) is 5.73 Å². The molecule has 104 valence electrons. The quantitative estimate of drug-likeness (QED) is 0.635. The van der Waals surface area contributed by atoms with Crippen LogP contribution < -0.4 is 11.1 Å². The maximum absolute atomic E-state index is 12.7. The summed E-state index contributed by atoms with van der Waals surface area (Å²) in [6.07, 6.45) is 2.11. The van der Waals surface area contributed by atoms with Crippen LogP contribution in [0.4, 0.5) is 24.5 Å². The van der Waals surface area contributed by atoms with E-state index in [-0.39, 0.29) is 5.69 Å². The molecule has 0 atom stereocenters. The van der Waals surface area contributed by atoms with E-state index in [1.165, 1.54) is 18.1 Å². The molecule has 0 aromatic heterocycles. The minimum atomic E-state index is -4.41. The first kappa shape index (κ1) is 13.8. The van der Waals surface area contributed by atoms with Crippen molar-refractivity contribution < 1.29 is 13.2 Å². The van der Waals surface area contributed by atoms with Gasteiger partial charge in [-0.25, -0.2) is 0 Å². The summed E-state index contributed by atoms with van der Waals surface area (Å²) in [4.78, 5) is 0. The maximum Gasteiger partial charge on any atom is 0.418 e. The lowest BCUT2D eigenvalue weighted by molar-refractivity contribution is -0.136. The fourth-order valence-corrected chi connectivity index (χ4v) is 2.24. The van der Waals surface area contributed by atoms with Crippen molar-refractivity contribution in [2.24, 2.45) is 0 Å². The second-order valence-electron chi connectivity index (χ2n) is 4.73. The predicted molar refractivity (Wildman–Crippen MR) is 70.9 cm³/mol. The van der Waals surface area contributed by atoms with E-state index in [1.54, 1.807) is 6.07 Å². The highest BCUT2D eigenvalue weighted by molar-refractivity contribution is 5.58. The number of anilines is 2. The summed E-state index contributed by atoms with van der Waals surface area (Å²) in [5, 5.41) is 3.01. The third kappa shape index (κ3) is 3.66. The van der Waals surface area contributed by atoms with Gasteiger partial charge in [0.2, 0.25) is 0 Å². The molecule has 1 aromatic carbocycles. The zero-order valence-electron chi connectivity index (χ0n) is 10.6. The van der Waals surface area contributed by atoms with E-state index in [2.05, 4.69) is 11.4 Å². The Morgan fingerprint density at radius 2 is 2.05 bits per heavy atom. The molecule has 1 aliphatic carbocycles. The van der Waals surface area contributed by atoms with Gasteiger partial charge < -0.3 is 11.1 Å². The molecular weight excluding hydrogens is 253 g/mol. The van der Waals surface area contributed by atoms with Crippen LogP contribution in [0.15, 0.2) is 29.8 Å². The van der Waals surface area contributed by atoms with Gasteiger partial charge in [-0.15, -0.1) is 0 Å². The smallest absolute Gasteiger partial charge is 0.398 e. The second-order valence-corrected chi connectivity index (χ2v) is 4.73. The average Bonchev–Trinajstić information content (AvgIpc) is 2.83. The van der Waals surface area contributed by atoms with E-state index < -0.39 is 11.7 Å². The molecule has 0 bridgehead atoms. The SMILES string of the molecule is Nc1ccc(NCCC2=CCCC2)cc1C(F)(F)F. The summed E-state index contributed by atoms with van der Waals surface area (Å²) < 4.78 is 38.0. The number of rotatable bonds is 4. The van der Waals surface area contributed by atoms with E-state index in [0.29, 0.717) is 12.2 Å². The standard InChI is InChI=1S/C14H17F3N2/c15-14(16,17)12-9-11(5-6-13(12)18)19-8-7-10-3-1-2-4-10/h3,5-6,9,19H,1-2,4,7-8,18H2. The van der Waals surface area contributed by atoms with Crippen molar-refractivity contribution in [3.05, 3.63) is 35.4 Å². The zero-order chi connectivity index (χ0) is 13.9. The van der Waals surface area contributed by atoms with Gasteiger partial charge >= 0.3 is 6.18 Å². The fraction of sp³-hybridized carbons (Fsp3) is 0.429. The molecule has 0 heterocycles. The van der Waals surface area contributed by atoms with Crippen LogP contribution >= 0.6 is 0 Å². The number of benzene rings is 1. The molecule has 0 aliphatic heterocycles.